The van der Waals surface area contributed by atoms with Gasteiger partial charge in [-0.1, -0.05) is 35.3 Å². The van der Waals surface area contributed by atoms with E-state index < -0.39 is 6.10 Å². The second-order valence-corrected chi connectivity index (χ2v) is 6.93. The average Bonchev–Trinajstić information content (AvgIpc) is 2.69. The van der Waals surface area contributed by atoms with Crippen LogP contribution in [0.1, 0.15) is 19.4 Å². The van der Waals surface area contributed by atoms with Crippen LogP contribution in [-0.4, -0.2) is 36.7 Å². The molecule has 0 unspecified atom stereocenters. The standard InChI is InChI=1S/C20H21Cl2NO4/c1-3-23(12-14-7-8-16-18(11-14)26-10-9-25-16)20(24)13(2)27-17-6-4-5-15(21)19(17)22/h4-8,11,13H,3,9-10,12H2,1-2H3/t13-/m1/s1. The summed E-state index contributed by atoms with van der Waals surface area (Å²) >= 11 is 12.1. The maximum Gasteiger partial charge on any atom is 0.263 e. The summed E-state index contributed by atoms with van der Waals surface area (Å²) in [5.41, 5.74) is 0.961. The summed E-state index contributed by atoms with van der Waals surface area (Å²) in [6.07, 6.45) is -0.696. The lowest BCUT2D eigenvalue weighted by Gasteiger charge is -2.26. The van der Waals surface area contributed by atoms with Crippen LogP contribution in [0, 0.1) is 0 Å². The van der Waals surface area contributed by atoms with Crippen molar-refractivity contribution in [1.82, 2.24) is 4.90 Å². The van der Waals surface area contributed by atoms with Gasteiger partial charge in [0, 0.05) is 13.1 Å². The molecule has 0 radical (unpaired) electrons. The van der Waals surface area contributed by atoms with Gasteiger partial charge in [0.25, 0.3) is 5.91 Å². The van der Waals surface area contributed by atoms with Gasteiger partial charge in [-0.15, -0.1) is 0 Å². The number of benzene rings is 2. The van der Waals surface area contributed by atoms with Crippen LogP contribution in [0.25, 0.3) is 0 Å². The minimum absolute atomic E-state index is 0.136. The molecule has 2 aromatic rings. The van der Waals surface area contributed by atoms with Gasteiger partial charge in [0.05, 0.1) is 5.02 Å². The zero-order valence-corrected chi connectivity index (χ0v) is 16.7. The smallest absolute Gasteiger partial charge is 0.263 e. The van der Waals surface area contributed by atoms with Gasteiger partial charge in [-0.2, -0.15) is 0 Å². The summed E-state index contributed by atoms with van der Waals surface area (Å²) in [5, 5.41) is 0.686. The molecule has 3 rings (SSSR count). The van der Waals surface area contributed by atoms with Crippen LogP contribution in [0.5, 0.6) is 17.2 Å². The molecule has 0 aromatic heterocycles. The lowest BCUT2D eigenvalue weighted by atomic mass is 10.1. The van der Waals surface area contributed by atoms with Crippen LogP contribution in [0.3, 0.4) is 0 Å². The third-order valence-corrected chi connectivity index (χ3v) is 5.04. The van der Waals surface area contributed by atoms with Crippen molar-refractivity contribution < 1.29 is 19.0 Å². The molecule has 0 saturated heterocycles. The van der Waals surface area contributed by atoms with Crippen molar-refractivity contribution in [2.45, 2.75) is 26.5 Å². The normalized spacial score (nSPS) is 13.8. The number of ether oxygens (including phenoxy) is 3. The van der Waals surface area contributed by atoms with Crippen molar-refractivity contribution in [3.05, 3.63) is 52.0 Å². The molecular weight excluding hydrogens is 389 g/mol. The Hall–Kier alpha value is -2.11. The van der Waals surface area contributed by atoms with Crippen LogP contribution in [-0.2, 0) is 11.3 Å². The van der Waals surface area contributed by atoms with E-state index in [1.165, 1.54) is 0 Å². The SMILES string of the molecule is CCN(Cc1ccc2c(c1)OCCO2)C(=O)[C@@H](C)Oc1cccc(Cl)c1Cl. The number of nitrogens with zero attached hydrogens (tertiary/aromatic N) is 1. The highest BCUT2D eigenvalue weighted by molar-refractivity contribution is 6.42. The Balaban J connectivity index is 1.69. The molecule has 27 heavy (non-hydrogen) atoms. The van der Waals surface area contributed by atoms with E-state index in [0.29, 0.717) is 47.8 Å². The molecule has 0 bridgehead atoms. The lowest BCUT2D eigenvalue weighted by molar-refractivity contribution is -0.138. The molecule has 0 N–H and O–H groups in total. The van der Waals surface area contributed by atoms with Gasteiger partial charge >= 0.3 is 0 Å². The Morgan fingerprint density at radius 3 is 2.67 bits per heavy atom. The predicted octanol–water partition coefficient (Wildman–Crippen LogP) is 4.58. The number of hydrogen-bond donors (Lipinski definition) is 0. The van der Waals surface area contributed by atoms with Crippen LogP contribution in [0.4, 0.5) is 0 Å². The minimum Gasteiger partial charge on any atom is -0.486 e. The Morgan fingerprint density at radius 2 is 1.93 bits per heavy atom. The van der Waals surface area contributed by atoms with E-state index in [4.69, 9.17) is 37.4 Å². The fraction of sp³-hybridized carbons (Fsp3) is 0.350. The van der Waals surface area contributed by atoms with E-state index >= 15 is 0 Å². The average molecular weight is 410 g/mol. The maximum absolute atomic E-state index is 12.8. The number of halogens is 2. The second kappa shape index (κ2) is 8.72. The Kier molecular flexibility index (Phi) is 6.34. The monoisotopic (exact) mass is 409 g/mol. The molecule has 144 valence electrons. The van der Waals surface area contributed by atoms with Gasteiger partial charge in [0.1, 0.15) is 24.0 Å². The maximum atomic E-state index is 12.8. The number of hydrogen-bond acceptors (Lipinski definition) is 4. The number of carbonyl (C=O) groups is 1. The molecule has 0 saturated carbocycles. The van der Waals surface area contributed by atoms with Crippen LogP contribution in [0.2, 0.25) is 10.0 Å². The van der Waals surface area contributed by atoms with Gasteiger partial charge < -0.3 is 19.1 Å². The molecule has 1 amide bonds. The van der Waals surface area contributed by atoms with Crippen molar-refractivity contribution >= 4 is 29.1 Å². The van der Waals surface area contributed by atoms with E-state index in [2.05, 4.69) is 0 Å². The fourth-order valence-corrected chi connectivity index (χ4v) is 3.16. The van der Waals surface area contributed by atoms with Crippen LogP contribution < -0.4 is 14.2 Å². The molecular formula is C20H21Cl2NO4. The zero-order chi connectivity index (χ0) is 19.4. The first-order valence-electron chi connectivity index (χ1n) is 8.77. The number of likely N-dealkylation sites (N-methyl/N-ethyl adjacent to an activating group) is 1. The van der Waals surface area contributed by atoms with E-state index in [1.54, 1.807) is 30.0 Å². The largest absolute Gasteiger partial charge is 0.486 e. The Bertz CT molecular complexity index is 828. The van der Waals surface area contributed by atoms with E-state index in [-0.39, 0.29) is 5.91 Å². The van der Waals surface area contributed by atoms with Crippen LogP contribution >= 0.6 is 23.2 Å². The Labute approximate surface area is 168 Å². The van der Waals surface area contributed by atoms with Crippen LogP contribution in [0.15, 0.2) is 36.4 Å². The molecule has 0 aliphatic carbocycles. The van der Waals surface area contributed by atoms with Gasteiger partial charge in [-0.25, -0.2) is 0 Å². The van der Waals surface area contributed by atoms with Crippen molar-refractivity contribution in [3.8, 4) is 17.2 Å². The van der Waals surface area contributed by atoms with E-state index in [1.807, 2.05) is 25.1 Å². The third kappa shape index (κ3) is 4.60. The van der Waals surface area contributed by atoms with Crippen molar-refractivity contribution in [1.29, 1.82) is 0 Å². The van der Waals surface area contributed by atoms with E-state index in [0.717, 1.165) is 11.3 Å². The molecule has 1 aliphatic rings. The molecule has 1 heterocycles. The summed E-state index contributed by atoms with van der Waals surface area (Å²) in [6, 6.07) is 10.8. The molecule has 5 nitrogen and oxygen atoms in total. The van der Waals surface area contributed by atoms with Gasteiger partial charge in [0.2, 0.25) is 0 Å². The topological polar surface area (TPSA) is 48.0 Å². The molecule has 1 aliphatic heterocycles. The highest BCUT2D eigenvalue weighted by Crippen LogP contribution is 2.33. The Morgan fingerprint density at radius 1 is 1.19 bits per heavy atom. The van der Waals surface area contributed by atoms with Crippen molar-refractivity contribution in [2.24, 2.45) is 0 Å². The summed E-state index contributed by atoms with van der Waals surface area (Å²) in [6.45, 7) is 5.69. The summed E-state index contributed by atoms with van der Waals surface area (Å²) in [4.78, 5) is 14.6. The number of carbonyl (C=O) groups excluding carboxylic acids is 1. The molecule has 2 aromatic carbocycles. The number of fused-ring (bicyclic) bond motifs is 1. The minimum atomic E-state index is -0.696. The number of amides is 1. The second-order valence-electron chi connectivity index (χ2n) is 6.14. The summed E-state index contributed by atoms with van der Waals surface area (Å²) < 4.78 is 16.9. The zero-order valence-electron chi connectivity index (χ0n) is 15.2. The third-order valence-electron chi connectivity index (χ3n) is 4.24. The molecule has 0 fully saturated rings. The summed E-state index contributed by atoms with van der Waals surface area (Å²) in [7, 11) is 0. The molecule has 0 spiro atoms. The molecule has 1 atom stereocenters. The molecule has 7 heteroatoms. The van der Waals surface area contributed by atoms with Crippen molar-refractivity contribution in [3.63, 3.8) is 0 Å². The fourth-order valence-electron chi connectivity index (χ4n) is 2.83. The predicted molar refractivity (Wildman–Crippen MR) is 105 cm³/mol. The van der Waals surface area contributed by atoms with E-state index in [9.17, 15) is 4.79 Å². The summed E-state index contributed by atoms with van der Waals surface area (Å²) in [5.74, 6) is 1.69. The van der Waals surface area contributed by atoms with Gasteiger partial charge in [0.15, 0.2) is 17.6 Å². The quantitative estimate of drug-likeness (QED) is 0.700. The van der Waals surface area contributed by atoms with Gasteiger partial charge in [-0.05, 0) is 43.7 Å². The first-order valence-corrected chi connectivity index (χ1v) is 9.53. The lowest BCUT2D eigenvalue weighted by Crippen LogP contribution is -2.40. The highest BCUT2D eigenvalue weighted by atomic mass is 35.5. The van der Waals surface area contributed by atoms with Gasteiger partial charge in [-0.3, -0.25) is 4.79 Å². The number of rotatable bonds is 6. The first-order chi connectivity index (χ1) is 13.0. The van der Waals surface area contributed by atoms with Crippen molar-refractivity contribution in [2.75, 3.05) is 19.8 Å². The highest BCUT2D eigenvalue weighted by Gasteiger charge is 2.23. The first kappa shape index (κ1) is 19.6.